The molecule has 8 nitrogen and oxygen atoms in total. The van der Waals surface area contributed by atoms with Gasteiger partial charge in [0.15, 0.2) is 0 Å². The molecule has 1 aliphatic heterocycles. The van der Waals surface area contributed by atoms with Gasteiger partial charge in [0.2, 0.25) is 5.91 Å². The fraction of sp³-hybridized carbons (Fsp3) is 0.370. The molecule has 2 aromatic carbocycles. The van der Waals surface area contributed by atoms with E-state index in [-0.39, 0.29) is 29.1 Å². The third-order valence-electron chi connectivity index (χ3n) is 6.70. The van der Waals surface area contributed by atoms with E-state index in [0.717, 1.165) is 43.4 Å². The molecule has 1 aliphatic carbocycles. The van der Waals surface area contributed by atoms with Gasteiger partial charge in [0.25, 0.3) is 11.8 Å². The van der Waals surface area contributed by atoms with Crippen molar-refractivity contribution in [3.8, 4) is 0 Å². The maximum Gasteiger partial charge on any atom is 0.273 e. The van der Waals surface area contributed by atoms with E-state index in [4.69, 9.17) is 0 Å². The fourth-order valence-corrected chi connectivity index (χ4v) is 4.95. The average Bonchev–Trinajstić information content (AvgIpc) is 3.20. The highest BCUT2D eigenvalue weighted by Gasteiger charge is 2.49. The van der Waals surface area contributed by atoms with Crippen LogP contribution >= 0.6 is 0 Å². The van der Waals surface area contributed by atoms with Crippen molar-refractivity contribution >= 4 is 23.4 Å². The minimum atomic E-state index is -0.979. The molecule has 0 spiro atoms. The molecule has 184 valence electrons. The van der Waals surface area contributed by atoms with Crippen LogP contribution in [0.25, 0.3) is 0 Å². The lowest BCUT2D eigenvalue weighted by Crippen LogP contribution is -2.52. The minimum Gasteiger partial charge on any atom is -0.357 e. The lowest BCUT2D eigenvalue weighted by Gasteiger charge is -2.35. The van der Waals surface area contributed by atoms with Crippen LogP contribution in [-0.2, 0) is 20.9 Å². The summed E-state index contributed by atoms with van der Waals surface area (Å²) in [4.78, 5) is 41.7. The molecular formula is C27H33N5O3. The van der Waals surface area contributed by atoms with E-state index in [9.17, 15) is 14.4 Å². The third kappa shape index (κ3) is 5.16. The molecule has 8 heteroatoms. The molecule has 0 radical (unpaired) electrons. The molecule has 0 saturated heterocycles. The molecule has 1 unspecified atom stereocenters. The first-order valence-corrected chi connectivity index (χ1v) is 12.2. The molecule has 2 aromatic rings. The second-order valence-electron chi connectivity index (χ2n) is 8.91. The van der Waals surface area contributed by atoms with Crippen molar-refractivity contribution in [1.29, 1.82) is 0 Å². The van der Waals surface area contributed by atoms with Crippen molar-refractivity contribution in [2.24, 2.45) is 0 Å². The van der Waals surface area contributed by atoms with Crippen molar-refractivity contribution in [2.75, 3.05) is 19.1 Å². The largest absolute Gasteiger partial charge is 0.357 e. The first-order valence-electron chi connectivity index (χ1n) is 12.2. The summed E-state index contributed by atoms with van der Waals surface area (Å²) in [5.74, 6) is -1.13. The van der Waals surface area contributed by atoms with E-state index in [0.29, 0.717) is 6.54 Å². The third-order valence-corrected chi connectivity index (χ3v) is 6.70. The zero-order chi connectivity index (χ0) is 24.8. The normalized spacial score (nSPS) is 18.4. The number of hydrogen-bond donors (Lipinski definition) is 3. The Morgan fingerprint density at radius 2 is 1.54 bits per heavy atom. The van der Waals surface area contributed by atoms with Crippen LogP contribution in [0.3, 0.4) is 0 Å². The van der Waals surface area contributed by atoms with Gasteiger partial charge < -0.3 is 15.5 Å². The topological polar surface area (TPSA) is 93.8 Å². The van der Waals surface area contributed by atoms with Gasteiger partial charge in [-0.1, -0.05) is 67.8 Å². The number of carbonyl (C=O) groups excluding carboxylic acids is 3. The molecule has 3 N–H and O–H groups in total. The smallest absolute Gasteiger partial charge is 0.273 e. The SMILES string of the molecule is CNC(=O)C1=C(NN(Cc2ccccc2)c2ccccc2)C(=O)N(C2CCCCC2)C1C(=O)NC. The number of carbonyl (C=O) groups is 3. The van der Waals surface area contributed by atoms with E-state index in [1.165, 1.54) is 14.1 Å². The number of rotatable bonds is 8. The molecule has 1 fully saturated rings. The molecular weight excluding hydrogens is 442 g/mol. The van der Waals surface area contributed by atoms with Crippen LogP contribution < -0.4 is 21.1 Å². The summed E-state index contributed by atoms with van der Waals surface area (Å²) in [6, 6.07) is 18.4. The number of likely N-dealkylation sites (N-methyl/N-ethyl adjacent to an activating group) is 2. The summed E-state index contributed by atoms with van der Waals surface area (Å²) >= 11 is 0. The summed E-state index contributed by atoms with van der Waals surface area (Å²) in [7, 11) is 3.05. The Morgan fingerprint density at radius 3 is 2.14 bits per heavy atom. The molecule has 3 amide bonds. The van der Waals surface area contributed by atoms with E-state index in [1.54, 1.807) is 4.90 Å². The number of nitrogens with zero attached hydrogens (tertiary/aromatic N) is 2. The maximum atomic E-state index is 13.9. The molecule has 2 aliphatic rings. The van der Waals surface area contributed by atoms with E-state index >= 15 is 0 Å². The molecule has 35 heavy (non-hydrogen) atoms. The molecule has 0 aromatic heterocycles. The summed E-state index contributed by atoms with van der Waals surface area (Å²) in [5.41, 5.74) is 5.41. The van der Waals surface area contributed by atoms with Crippen molar-refractivity contribution in [1.82, 2.24) is 21.0 Å². The van der Waals surface area contributed by atoms with Gasteiger partial charge in [-0.15, -0.1) is 0 Å². The summed E-state index contributed by atoms with van der Waals surface area (Å²) in [5, 5.41) is 7.14. The number of anilines is 1. The van der Waals surface area contributed by atoms with E-state index in [1.807, 2.05) is 65.7 Å². The molecule has 1 saturated carbocycles. The first-order chi connectivity index (χ1) is 17.0. The Kier molecular flexibility index (Phi) is 7.70. The Morgan fingerprint density at radius 1 is 0.914 bits per heavy atom. The van der Waals surface area contributed by atoms with Gasteiger partial charge in [-0.05, 0) is 30.5 Å². The zero-order valence-corrected chi connectivity index (χ0v) is 20.3. The number of benzene rings is 2. The van der Waals surface area contributed by atoms with Crippen LogP contribution in [0.2, 0.25) is 0 Å². The van der Waals surface area contributed by atoms with Crippen molar-refractivity contribution < 1.29 is 14.4 Å². The number of para-hydroxylation sites is 1. The molecule has 4 rings (SSSR count). The lowest BCUT2D eigenvalue weighted by molar-refractivity contribution is -0.137. The summed E-state index contributed by atoms with van der Waals surface area (Å²) in [6.07, 6.45) is 4.75. The summed E-state index contributed by atoms with van der Waals surface area (Å²) in [6.45, 7) is 0.455. The quantitative estimate of drug-likeness (QED) is 0.510. The predicted octanol–water partition coefficient (Wildman–Crippen LogP) is 2.49. The molecule has 1 atom stereocenters. The Labute approximate surface area is 206 Å². The standard InChI is InChI=1S/C27H33N5O3/c1-28-25(33)22-23(27(35)32(24(22)26(34)29-2)21-16-10-5-11-17-21)30-31(20-14-8-4-9-15-20)18-19-12-6-3-7-13-19/h3-4,6-9,12-15,21,24,30H,5,10-11,16-18H2,1-2H3,(H,28,33)(H,29,34). The van der Waals surface area contributed by atoms with Gasteiger partial charge in [-0.3, -0.25) is 24.8 Å². The predicted molar refractivity (Wildman–Crippen MR) is 135 cm³/mol. The van der Waals surface area contributed by atoms with Gasteiger partial charge >= 0.3 is 0 Å². The monoisotopic (exact) mass is 475 g/mol. The maximum absolute atomic E-state index is 13.9. The second-order valence-corrected chi connectivity index (χ2v) is 8.91. The van der Waals surface area contributed by atoms with Crippen molar-refractivity contribution in [3.05, 3.63) is 77.5 Å². The van der Waals surface area contributed by atoms with Crippen LogP contribution in [0.1, 0.15) is 37.7 Å². The number of amides is 3. The van der Waals surface area contributed by atoms with Crippen LogP contribution in [0.5, 0.6) is 0 Å². The van der Waals surface area contributed by atoms with Gasteiger partial charge in [0, 0.05) is 20.1 Å². The fourth-order valence-electron chi connectivity index (χ4n) is 4.95. The minimum absolute atomic E-state index is 0.0863. The Bertz CT molecular complexity index is 1080. The van der Waals surface area contributed by atoms with Gasteiger partial charge in [0.1, 0.15) is 11.7 Å². The number of hydrogen-bond acceptors (Lipinski definition) is 5. The van der Waals surface area contributed by atoms with Crippen molar-refractivity contribution in [3.63, 3.8) is 0 Å². The van der Waals surface area contributed by atoms with Gasteiger partial charge in [0.05, 0.1) is 17.8 Å². The molecule has 0 bridgehead atoms. The molecule has 1 heterocycles. The first kappa shape index (κ1) is 24.3. The van der Waals surface area contributed by atoms with E-state index < -0.39 is 11.9 Å². The second kappa shape index (κ2) is 11.1. The lowest BCUT2D eigenvalue weighted by atomic mass is 9.93. The number of hydrazine groups is 1. The highest BCUT2D eigenvalue weighted by molar-refractivity contribution is 6.14. The highest BCUT2D eigenvalue weighted by atomic mass is 16.2. The average molecular weight is 476 g/mol. The van der Waals surface area contributed by atoms with Crippen LogP contribution in [0, 0.1) is 0 Å². The Hall–Kier alpha value is -3.81. The van der Waals surface area contributed by atoms with Gasteiger partial charge in [-0.2, -0.15) is 0 Å². The van der Waals surface area contributed by atoms with E-state index in [2.05, 4.69) is 16.1 Å². The van der Waals surface area contributed by atoms with Gasteiger partial charge in [-0.25, -0.2) is 0 Å². The Balaban J connectivity index is 1.77. The number of nitrogens with one attached hydrogen (secondary N) is 3. The van der Waals surface area contributed by atoms with Crippen molar-refractivity contribution in [2.45, 2.75) is 50.7 Å². The van der Waals surface area contributed by atoms with Crippen LogP contribution in [0.15, 0.2) is 71.9 Å². The highest BCUT2D eigenvalue weighted by Crippen LogP contribution is 2.34. The zero-order valence-electron chi connectivity index (χ0n) is 20.3. The summed E-state index contributed by atoms with van der Waals surface area (Å²) < 4.78 is 0. The van der Waals surface area contributed by atoms with Crippen LogP contribution in [0.4, 0.5) is 5.69 Å². The van der Waals surface area contributed by atoms with Crippen LogP contribution in [-0.4, -0.2) is 48.8 Å².